The lowest BCUT2D eigenvalue weighted by Crippen LogP contribution is -2.20. The Kier molecular flexibility index (Phi) is 5.10. The standard InChI is InChI=1S/C13H14Cl2O5/c1-18-12-9(15)4-3-8(14)11(12)13(17)19-6-7-2-5-10(16)20-7/h3-4,7,10,16H,2,5-6H2,1H3. The highest BCUT2D eigenvalue weighted by atomic mass is 35.5. The first-order chi connectivity index (χ1) is 9.52. The van der Waals surface area contributed by atoms with Crippen molar-refractivity contribution in [2.24, 2.45) is 0 Å². The van der Waals surface area contributed by atoms with Gasteiger partial charge in [-0.05, 0) is 18.6 Å². The van der Waals surface area contributed by atoms with Crippen molar-refractivity contribution in [2.45, 2.75) is 25.2 Å². The molecule has 0 aromatic heterocycles. The lowest BCUT2D eigenvalue weighted by molar-refractivity contribution is -0.103. The fraction of sp³-hybridized carbons (Fsp3) is 0.462. The summed E-state index contributed by atoms with van der Waals surface area (Å²) in [7, 11) is 1.39. The summed E-state index contributed by atoms with van der Waals surface area (Å²) in [5, 5.41) is 9.70. The predicted octanol–water partition coefficient (Wildman–Crippen LogP) is 2.66. The summed E-state index contributed by atoms with van der Waals surface area (Å²) in [5.41, 5.74) is 0.0835. The minimum Gasteiger partial charge on any atom is -0.494 e. The van der Waals surface area contributed by atoms with Gasteiger partial charge in [0.15, 0.2) is 12.0 Å². The van der Waals surface area contributed by atoms with Gasteiger partial charge < -0.3 is 19.3 Å². The fourth-order valence-corrected chi connectivity index (χ4v) is 2.43. The van der Waals surface area contributed by atoms with E-state index in [4.69, 9.17) is 37.4 Å². The molecular weight excluding hydrogens is 307 g/mol. The lowest BCUT2D eigenvalue weighted by Gasteiger charge is -2.14. The van der Waals surface area contributed by atoms with E-state index in [-0.39, 0.29) is 34.1 Å². The molecule has 2 atom stereocenters. The number of carbonyl (C=O) groups excluding carboxylic acids is 1. The summed E-state index contributed by atoms with van der Waals surface area (Å²) in [5.74, 6) is -0.462. The molecule has 1 aliphatic heterocycles. The molecule has 20 heavy (non-hydrogen) atoms. The van der Waals surface area contributed by atoms with Gasteiger partial charge in [0, 0.05) is 6.42 Å². The zero-order chi connectivity index (χ0) is 14.7. The van der Waals surface area contributed by atoms with Crippen molar-refractivity contribution in [2.75, 3.05) is 13.7 Å². The Hall–Kier alpha value is -1.01. The van der Waals surface area contributed by atoms with E-state index in [1.165, 1.54) is 19.2 Å². The minimum absolute atomic E-state index is 0.0435. The van der Waals surface area contributed by atoms with Gasteiger partial charge in [0.25, 0.3) is 0 Å². The smallest absolute Gasteiger partial charge is 0.343 e. The van der Waals surface area contributed by atoms with E-state index in [0.29, 0.717) is 12.8 Å². The molecule has 1 N–H and O–H groups in total. The van der Waals surface area contributed by atoms with Crippen molar-refractivity contribution in [1.29, 1.82) is 0 Å². The molecule has 5 nitrogen and oxygen atoms in total. The first kappa shape index (κ1) is 15.4. The second kappa shape index (κ2) is 6.63. The fourth-order valence-electron chi connectivity index (χ4n) is 1.97. The predicted molar refractivity (Wildman–Crippen MR) is 73.4 cm³/mol. The number of benzene rings is 1. The molecule has 0 radical (unpaired) electrons. The van der Waals surface area contributed by atoms with Crippen LogP contribution in [-0.2, 0) is 9.47 Å². The first-order valence-corrected chi connectivity index (χ1v) is 6.81. The number of hydrogen-bond acceptors (Lipinski definition) is 5. The summed E-state index contributed by atoms with van der Waals surface area (Å²) < 4.78 is 15.4. The van der Waals surface area contributed by atoms with E-state index in [1.54, 1.807) is 0 Å². The first-order valence-electron chi connectivity index (χ1n) is 6.05. The zero-order valence-electron chi connectivity index (χ0n) is 10.8. The number of esters is 1. The number of carbonyl (C=O) groups is 1. The maximum atomic E-state index is 12.1. The molecule has 1 saturated heterocycles. The number of halogens is 2. The number of methoxy groups -OCH3 is 1. The van der Waals surface area contributed by atoms with Gasteiger partial charge in [0.2, 0.25) is 0 Å². The number of aliphatic hydroxyl groups is 1. The van der Waals surface area contributed by atoms with Crippen LogP contribution < -0.4 is 4.74 Å². The van der Waals surface area contributed by atoms with Crippen LogP contribution >= 0.6 is 23.2 Å². The highest BCUT2D eigenvalue weighted by Gasteiger charge is 2.26. The second-order valence-corrected chi connectivity index (χ2v) is 5.14. The molecule has 110 valence electrons. The van der Waals surface area contributed by atoms with Crippen LogP contribution in [0.15, 0.2) is 12.1 Å². The van der Waals surface area contributed by atoms with Crippen LogP contribution in [0.1, 0.15) is 23.2 Å². The van der Waals surface area contributed by atoms with E-state index in [2.05, 4.69) is 0 Å². The Labute approximate surface area is 126 Å². The third kappa shape index (κ3) is 3.35. The number of hydrogen-bond donors (Lipinski definition) is 1. The van der Waals surface area contributed by atoms with Gasteiger partial charge in [-0.25, -0.2) is 4.79 Å². The van der Waals surface area contributed by atoms with Crippen molar-refractivity contribution in [3.63, 3.8) is 0 Å². The van der Waals surface area contributed by atoms with Gasteiger partial charge in [-0.2, -0.15) is 0 Å². The zero-order valence-corrected chi connectivity index (χ0v) is 12.3. The van der Waals surface area contributed by atoms with E-state index >= 15 is 0 Å². The summed E-state index contributed by atoms with van der Waals surface area (Å²) in [4.78, 5) is 12.1. The number of ether oxygens (including phenoxy) is 3. The van der Waals surface area contributed by atoms with Crippen molar-refractivity contribution in [3.05, 3.63) is 27.7 Å². The summed E-state index contributed by atoms with van der Waals surface area (Å²) in [6.07, 6.45) is 0.0686. The van der Waals surface area contributed by atoms with E-state index < -0.39 is 12.3 Å². The molecule has 0 amide bonds. The Morgan fingerprint density at radius 1 is 1.40 bits per heavy atom. The molecule has 0 aliphatic carbocycles. The monoisotopic (exact) mass is 320 g/mol. The maximum Gasteiger partial charge on any atom is 0.343 e. The summed E-state index contributed by atoms with van der Waals surface area (Å²) in [6.45, 7) is 0.0435. The van der Waals surface area contributed by atoms with Crippen LogP contribution in [0.25, 0.3) is 0 Å². The lowest BCUT2D eigenvalue weighted by atomic mass is 10.2. The summed E-state index contributed by atoms with van der Waals surface area (Å²) in [6, 6.07) is 3.04. The molecule has 0 bridgehead atoms. The second-order valence-electron chi connectivity index (χ2n) is 4.33. The van der Waals surface area contributed by atoms with Gasteiger partial charge in [-0.1, -0.05) is 23.2 Å². The van der Waals surface area contributed by atoms with Crippen molar-refractivity contribution < 1.29 is 24.1 Å². The highest BCUT2D eigenvalue weighted by Crippen LogP contribution is 2.34. The van der Waals surface area contributed by atoms with E-state index in [0.717, 1.165) is 0 Å². The van der Waals surface area contributed by atoms with Gasteiger partial charge in [-0.3, -0.25) is 0 Å². The van der Waals surface area contributed by atoms with Crippen LogP contribution in [0, 0.1) is 0 Å². The molecule has 1 aromatic carbocycles. The van der Waals surface area contributed by atoms with Crippen LogP contribution in [0.5, 0.6) is 5.75 Å². The Balaban J connectivity index is 2.07. The molecule has 1 aromatic rings. The average molecular weight is 321 g/mol. The molecule has 1 aliphatic rings. The largest absolute Gasteiger partial charge is 0.494 e. The summed E-state index contributed by atoms with van der Waals surface area (Å²) >= 11 is 11.9. The van der Waals surface area contributed by atoms with Crippen molar-refractivity contribution >= 4 is 29.2 Å². The SMILES string of the molecule is COc1c(Cl)ccc(Cl)c1C(=O)OCC1CCC(O)O1. The molecular formula is C13H14Cl2O5. The van der Waals surface area contributed by atoms with Crippen LogP contribution in [0.3, 0.4) is 0 Å². The number of rotatable bonds is 4. The quantitative estimate of drug-likeness (QED) is 0.864. The Bertz CT molecular complexity index is 506. The Morgan fingerprint density at radius 2 is 2.10 bits per heavy atom. The van der Waals surface area contributed by atoms with Crippen LogP contribution in [0.2, 0.25) is 10.0 Å². The van der Waals surface area contributed by atoms with Crippen LogP contribution in [-0.4, -0.2) is 37.2 Å². The van der Waals surface area contributed by atoms with Gasteiger partial charge in [0.05, 0.1) is 23.3 Å². The molecule has 7 heteroatoms. The number of aliphatic hydroxyl groups excluding tert-OH is 1. The van der Waals surface area contributed by atoms with Crippen LogP contribution in [0.4, 0.5) is 0 Å². The van der Waals surface area contributed by atoms with Gasteiger partial charge in [0.1, 0.15) is 12.2 Å². The third-order valence-electron chi connectivity index (χ3n) is 2.95. The third-order valence-corrected chi connectivity index (χ3v) is 3.57. The molecule has 2 rings (SSSR count). The van der Waals surface area contributed by atoms with Crippen molar-refractivity contribution in [1.82, 2.24) is 0 Å². The van der Waals surface area contributed by atoms with E-state index in [9.17, 15) is 9.90 Å². The van der Waals surface area contributed by atoms with Gasteiger partial charge >= 0.3 is 5.97 Å². The molecule has 0 saturated carbocycles. The van der Waals surface area contributed by atoms with Gasteiger partial charge in [-0.15, -0.1) is 0 Å². The van der Waals surface area contributed by atoms with E-state index in [1.807, 2.05) is 0 Å². The average Bonchev–Trinajstić information content (AvgIpc) is 2.84. The topological polar surface area (TPSA) is 65.0 Å². The minimum atomic E-state index is -0.789. The molecule has 1 heterocycles. The Morgan fingerprint density at radius 3 is 2.70 bits per heavy atom. The molecule has 0 spiro atoms. The molecule has 1 fully saturated rings. The normalized spacial score (nSPS) is 21.8. The highest BCUT2D eigenvalue weighted by molar-refractivity contribution is 6.37. The van der Waals surface area contributed by atoms with Crippen molar-refractivity contribution in [3.8, 4) is 5.75 Å². The maximum absolute atomic E-state index is 12.1. The molecule has 2 unspecified atom stereocenters.